The van der Waals surface area contributed by atoms with E-state index in [2.05, 4.69) is 5.32 Å². The van der Waals surface area contributed by atoms with Crippen LogP contribution in [0, 0.1) is 0 Å². The monoisotopic (exact) mass is 418 g/mol. The Morgan fingerprint density at radius 3 is 2.83 bits per heavy atom. The molecular weight excluding hydrogens is 386 g/mol. The van der Waals surface area contributed by atoms with Crippen molar-refractivity contribution < 1.29 is 29.1 Å². The van der Waals surface area contributed by atoms with E-state index in [0.29, 0.717) is 30.1 Å². The van der Waals surface area contributed by atoms with Gasteiger partial charge in [-0.2, -0.15) is 0 Å². The largest absolute Gasteiger partial charge is 0.497 e. The maximum absolute atomic E-state index is 13.0. The van der Waals surface area contributed by atoms with Crippen molar-refractivity contribution in [3.05, 3.63) is 23.9 Å². The van der Waals surface area contributed by atoms with Crippen molar-refractivity contribution in [1.29, 1.82) is 0 Å². The van der Waals surface area contributed by atoms with Gasteiger partial charge in [-0.3, -0.25) is 4.79 Å². The number of esters is 1. The molecule has 2 aromatic rings. The zero-order valence-corrected chi connectivity index (χ0v) is 18.0. The van der Waals surface area contributed by atoms with Crippen LogP contribution < -0.4 is 15.0 Å². The molecule has 1 saturated heterocycles. The first-order valence-electron chi connectivity index (χ1n) is 10.6. The van der Waals surface area contributed by atoms with Gasteiger partial charge in [-0.25, -0.2) is 4.79 Å². The molecule has 0 spiro atoms. The third-order valence-corrected chi connectivity index (χ3v) is 5.88. The molecule has 0 radical (unpaired) electrons. The fourth-order valence-corrected chi connectivity index (χ4v) is 4.39. The highest BCUT2D eigenvalue weighted by Crippen LogP contribution is 2.33. The van der Waals surface area contributed by atoms with Crippen molar-refractivity contribution in [3.63, 3.8) is 0 Å². The number of quaternary nitrogens is 1. The SMILES string of the molecule is CCOC(=O)c1c(NC(=O)C[NH+]2CCCC[C@H]2CCO)c2cc(OC)ccc2n1C. The number of benzene rings is 1. The van der Waals surface area contributed by atoms with Gasteiger partial charge >= 0.3 is 5.97 Å². The molecule has 0 bridgehead atoms. The summed E-state index contributed by atoms with van der Waals surface area (Å²) in [5.74, 6) is 0.00771. The Labute approximate surface area is 176 Å². The van der Waals surface area contributed by atoms with Crippen LogP contribution in [0.25, 0.3) is 10.9 Å². The van der Waals surface area contributed by atoms with Gasteiger partial charge in [-0.05, 0) is 44.4 Å². The fourth-order valence-electron chi connectivity index (χ4n) is 4.39. The maximum atomic E-state index is 13.0. The number of ether oxygens (including phenoxy) is 2. The van der Waals surface area contributed by atoms with Gasteiger partial charge in [0.1, 0.15) is 5.75 Å². The molecule has 1 aliphatic rings. The summed E-state index contributed by atoms with van der Waals surface area (Å²) in [6.45, 7) is 3.34. The van der Waals surface area contributed by atoms with Crippen molar-refractivity contribution in [2.45, 2.75) is 38.6 Å². The van der Waals surface area contributed by atoms with Gasteiger partial charge in [0, 0.05) is 25.5 Å². The number of nitrogens with one attached hydrogen (secondary N) is 2. The molecule has 164 valence electrons. The lowest BCUT2D eigenvalue weighted by molar-refractivity contribution is -0.923. The Morgan fingerprint density at radius 1 is 1.33 bits per heavy atom. The first kappa shape index (κ1) is 22.1. The fraction of sp³-hybridized carbons (Fsp3) is 0.545. The van der Waals surface area contributed by atoms with Gasteiger partial charge in [0.15, 0.2) is 12.2 Å². The lowest BCUT2D eigenvalue weighted by atomic mass is 9.99. The van der Waals surface area contributed by atoms with Crippen LogP contribution in [0.5, 0.6) is 5.75 Å². The van der Waals surface area contributed by atoms with E-state index in [9.17, 15) is 14.7 Å². The molecule has 30 heavy (non-hydrogen) atoms. The number of carbonyl (C=O) groups is 2. The topological polar surface area (TPSA) is 94.2 Å². The molecule has 1 unspecified atom stereocenters. The molecule has 2 heterocycles. The Bertz CT molecular complexity index is 906. The number of anilines is 1. The molecule has 8 heteroatoms. The summed E-state index contributed by atoms with van der Waals surface area (Å²) in [5.41, 5.74) is 1.57. The van der Waals surface area contributed by atoms with E-state index in [4.69, 9.17) is 9.47 Å². The second kappa shape index (κ2) is 9.95. The number of nitrogens with zero attached hydrogens (tertiary/aromatic N) is 1. The molecule has 1 aliphatic heterocycles. The van der Waals surface area contributed by atoms with Crippen molar-refractivity contribution >= 4 is 28.5 Å². The van der Waals surface area contributed by atoms with Gasteiger partial charge in [-0.15, -0.1) is 0 Å². The van der Waals surface area contributed by atoms with Crippen LogP contribution in [0.2, 0.25) is 0 Å². The number of rotatable bonds is 8. The highest BCUT2D eigenvalue weighted by atomic mass is 16.5. The molecule has 2 atom stereocenters. The van der Waals surface area contributed by atoms with Crippen molar-refractivity contribution in [3.8, 4) is 5.75 Å². The number of likely N-dealkylation sites (tertiary alicyclic amines) is 1. The minimum Gasteiger partial charge on any atom is -0.497 e. The summed E-state index contributed by atoms with van der Waals surface area (Å²) in [7, 11) is 3.36. The van der Waals surface area contributed by atoms with Crippen molar-refractivity contribution in [2.75, 3.05) is 38.7 Å². The van der Waals surface area contributed by atoms with E-state index in [1.54, 1.807) is 25.6 Å². The highest BCUT2D eigenvalue weighted by molar-refractivity contribution is 6.11. The first-order valence-corrected chi connectivity index (χ1v) is 10.6. The average Bonchev–Trinajstić information content (AvgIpc) is 3.00. The molecule has 8 nitrogen and oxygen atoms in total. The lowest BCUT2D eigenvalue weighted by Crippen LogP contribution is -3.17. The number of aryl methyl sites for hydroxylation is 1. The van der Waals surface area contributed by atoms with Crippen LogP contribution in [-0.4, -0.2) is 61.0 Å². The number of aliphatic hydroxyl groups excluding tert-OH is 1. The van der Waals surface area contributed by atoms with Crippen LogP contribution in [0.1, 0.15) is 43.1 Å². The predicted molar refractivity (Wildman–Crippen MR) is 114 cm³/mol. The molecule has 1 aromatic heterocycles. The van der Waals surface area contributed by atoms with E-state index in [-0.39, 0.29) is 25.2 Å². The van der Waals surface area contributed by atoms with Crippen LogP contribution in [0.3, 0.4) is 0 Å². The number of piperidine rings is 1. The molecule has 0 aliphatic carbocycles. The highest BCUT2D eigenvalue weighted by Gasteiger charge is 2.29. The van der Waals surface area contributed by atoms with Gasteiger partial charge in [0.25, 0.3) is 5.91 Å². The quantitative estimate of drug-likeness (QED) is 0.559. The molecule has 0 saturated carbocycles. The second-order valence-electron chi connectivity index (χ2n) is 7.72. The number of methoxy groups -OCH3 is 1. The van der Waals surface area contributed by atoms with Crippen LogP contribution in [-0.2, 0) is 16.6 Å². The summed E-state index contributed by atoms with van der Waals surface area (Å²) in [5, 5.41) is 13.1. The van der Waals surface area contributed by atoms with E-state index in [1.165, 1.54) is 4.90 Å². The minimum atomic E-state index is -0.478. The number of amides is 1. The number of hydrogen-bond donors (Lipinski definition) is 3. The Morgan fingerprint density at radius 2 is 2.13 bits per heavy atom. The van der Waals surface area contributed by atoms with Crippen LogP contribution in [0.15, 0.2) is 18.2 Å². The molecule has 1 fully saturated rings. The standard InChI is InChI=1S/C22H31N3O5/c1-4-30-22(28)21-20(17-13-16(29-3)8-9-18(17)24(21)2)23-19(27)14-25-11-6-5-7-15(25)10-12-26/h8-9,13,15,26H,4-7,10-12,14H2,1-3H3,(H,23,27)/p+1/t15-/m0/s1. The summed E-state index contributed by atoms with van der Waals surface area (Å²) in [4.78, 5) is 26.8. The first-order chi connectivity index (χ1) is 14.5. The van der Waals surface area contributed by atoms with Crippen molar-refractivity contribution in [1.82, 2.24) is 4.57 Å². The third kappa shape index (κ3) is 4.60. The maximum Gasteiger partial charge on any atom is 0.357 e. The summed E-state index contributed by atoms with van der Waals surface area (Å²) in [6, 6.07) is 5.78. The zero-order chi connectivity index (χ0) is 21.7. The average molecular weight is 419 g/mol. The van der Waals surface area contributed by atoms with Gasteiger partial charge in [0.2, 0.25) is 0 Å². The van der Waals surface area contributed by atoms with E-state index in [1.807, 2.05) is 18.2 Å². The number of hydrogen-bond acceptors (Lipinski definition) is 5. The lowest BCUT2D eigenvalue weighted by Gasteiger charge is -2.31. The molecule has 1 amide bonds. The minimum absolute atomic E-state index is 0.131. The number of carbonyl (C=O) groups excluding carboxylic acids is 2. The van der Waals surface area contributed by atoms with E-state index < -0.39 is 5.97 Å². The van der Waals surface area contributed by atoms with Crippen LogP contribution in [0.4, 0.5) is 5.69 Å². The summed E-state index contributed by atoms with van der Waals surface area (Å²) >= 11 is 0. The van der Waals surface area contributed by atoms with Gasteiger partial charge in [-0.1, -0.05) is 0 Å². The number of aliphatic hydroxyl groups is 1. The molecule has 3 rings (SSSR count). The van der Waals surface area contributed by atoms with E-state index in [0.717, 1.165) is 36.7 Å². The summed E-state index contributed by atoms with van der Waals surface area (Å²) in [6.07, 6.45) is 3.92. The van der Waals surface area contributed by atoms with E-state index >= 15 is 0 Å². The Hall–Kier alpha value is -2.58. The predicted octanol–water partition coefficient (Wildman–Crippen LogP) is 1.12. The normalized spacial score (nSPS) is 18.9. The van der Waals surface area contributed by atoms with Gasteiger partial charge < -0.3 is 29.4 Å². The second-order valence-corrected chi connectivity index (χ2v) is 7.72. The third-order valence-electron chi connectivity index (χ3n) is 5.88. The Balaban J connectivity index is 1.92. The van der Waals surface area contributed by atoms with Gasteiger partial charge in [0.05, 0.1) is 37.5 Å². The van der Waals surface area contributed by atoms with Crippen molar-refractivity contribution in [2.24, 2.45) is 7.05 Å². The van der Waals surface area contributed by atoms with Crippen LogP contribution >= 0.6 is 0 Å². The summed E-state index contributed by atoms with van der Waals surface area (Å²) < 4.78 is 12.3. The molecule has 1 aromatic carbocycles. The zero-order valence-electron chi connectivity index (χ0n) is 18.0. The smallest absolute Gasteiger partial charge is 0.357 e. The molecular formula is C22H32N3O5+. The Kier molecular flexibility index (Phi) is 7.33. The number of aromatic nitrogens is 1. The molecule has 3 N–H and O–H groups in total. The number of fused-ring (bicyclic) bond motifs is 1.